The third kappa shape index (κ3) is 4.54. The molecule has 2 aromatic rings. The number of nitrogens with one attached hydrogen (secondary N) is 1. The van der Waals surface area contributed by atoms with Crippen molar-refractivity contribution < 1.29 is 9.59 Å². The highest BCUT2D eigenvalue weighted by atomic mass is 32.1. The molecule has 1 N–H and O–H groups in total. The van der Waals surface area contributed by atoms with Crippen LogP contribution in [0.15, 0.2) is 30.6 Å². The molecule has 1 saturated heterocycles. The smallest absolute Gasteiger partial charge is 0.264 e. The van der Waals surface area contributed by atoms with Crippen LogP contribution < -0.4 is 5.32 Å². The number of hydrogen-bond acceptors (Lipinski definition) is 6. The van der Waals surface area contributed by atoms with Crippen LogP contribution in [0.2, 0.25) is 0 Å². The number of rotatable bonds is 5. The number of hydrogen-bond donors (Lipinski definition) is 1. The van der Waals surface area contributed by atoms with Gasteiger partial charge in [-0.3, -0.25) is 9.59 Å². The fourth-order valence-electron chi connectivity index (χ4n) is 2.69. The highest BCUT2D eigenvalue weighted by Gasteiger charge is 2.25. The Labute approximate surface area is 150 Å². The molecule has 2 amide bonds. The molecule has 25 heavy (non-hydrogen) atoms. The molecule has 0 unspecified atom stereocenters. The van der Waals surface area contributed by atoms with Gasteiger partial charge in [-0.25, -0.2) is 9.97 Å². The molecule has 3 heterocycles. The van der Waals surface area contributed by atoms with Crippen molar-refractivity contribution in [2.45, 2.75) is 13.3 Å². The molecular formula is C17H21N5O2S. The van der Waals surface area contributed by atoms with Crippen LogP contribution in [-0.4, -0.2) is 64.3 Å². The normalized spacial score (nSPS) is 14.4. The average Bonchev–Trinajstić information content (AvgIpc) is 3.08. The summed E-state index contributed by atoms with van der Waals surface area (Å²) in [6, 6.07) is 5.58. The summed E-state index contributed by atoms with van der Waals surface area (Å²) in [5.41, 5.74) is 0. The Hall–Kier alpha value is -2.48. The first kappa shape index (κ1) is 17.3. The highest BCUT2D eigenvalue weighted by molar-refractivity contribution is 7.13. The molecule has 0 aliphatic carbocycles. The summed E-state index contributed by atoms with van der Waals surface area (Å²) in [6.45, 7) is 4.81. The average molecular weight is 359 g/mol. The van der Waals surface area contributed by atoms with Crippen LogP contribution in [0.1, 0.15) is 21.0 Å². The molecule has 0 bridgehead atoms. The van der Waals surface area contributed by atoms with Crippen molar-refractivity contribution in [1.29, 1.82) is 0 Å². The lowest BCUT2D eigenvalue weighted by Gasteiger charge is -2.34. The van der Waals surface area contributed by atoms with Gasteiger partial charge in [-0.05, 0) is 25.1 Å². The van der Waals surface area contributed by atoms with E-state index in [2.05, 4.69) is 15.3 Å². The van der Waals surface area contributed by atoms with Gasteiger partial charge in [-0.15, -0.1) is 11.3 Å². The van der Waals surface area contributed by atoms with Crippen LogP contribution >= 0.6 is 11.3 Å². The molecule has 0 aromatic carbocycles. The van der Waals surface area contributed by atoms with E-state index in [1.54, 1.807) is 18.5 Å². The van der Waals surface area contributed by atoms with Crippen LogP contribution in [0.5, 0.6) is 0 Å². The number of carbonyl (C=O) groups is 2. The molecule has 1 fully saturated rings. The van der Waals surface area contributed by atoms with Gasteiger partial charge in [0.1, 0.15) is 0 Å². The summed E-state index contributed by atoms with van der Waals surface area (Å²) in [7, 11) is 0. The first-order chi connectivity index (χ1) is 12.1. The lowest BCUT2D eigenvalue weighted by molar-refractivity contribution is -0.132. The Bertz CT molecular complexity index is 726. The molecular weight excluding hydrogens is 338 g/mol. The lowest BCUT2D eigenvalue weighted by Crippen LogP contribution is -2.50. The minimum Gasteiger partial charge on any atom is -0.354 e. The van der Waals surface area contributed by atoms with E-state index in [1.165, 1.54) is 11.3 Å². The van der Waals surface area contributed by atoms with Crippen molar-refractivity contribution in [2.75, 3.05) is 38.0 Å². The van der Waals surface area contributed by atoms with Crippen LogP contribution in [-0.2, 0) is 4.79 Å². The second-order valence-corrected chi connectivity index (χ2v) is 7.12. The number of nitrogens with zero attached hydrogens (tertiary/aromatic N) is 4. The maximum absolute atomic E-state index is 12.4. The fourth-order valence-corrected chi connectivity index (χ4v) is 3.53. The van der Waals surface area contributed by atoms with E-state index < -0.39 is 0 Å². The number of thiophene rings is 1. The van der Waals surface area contributed by atoms with E-state index in [0.717, 1.165) is 9.75 Å². The van der Waals surface area contributed by atoms with Crippen LogP contribution in [0.25, 0.3) is 0 Å². The topological polar surface area (TPSA) is 78.4 Å². The number of aryl methyl sites for hydroxylation is 1. The standard InChI is InChI=1S/C17H21N5O2S/c1-13-3-4-14(25-13)16(24)22-11-9-21(10-12-22)15(23)5-8-20-17-18-6-2-7-19-17/h2-4,6-7H,5,8-12H2,1H3,(H,18,19,20). The van der Waals surface area contributed by atoms with E-state index in [0.29, 0.717) is 45.1 Å². The monoisotopic (exact) mass is 359 g/mol. The van der Waals surface area contributed by atoms with Gasteiger partial charge >= 0.3 is 0 Å². The van der Waals surface area contributed by atoms with Gasteiger partial charge in [0.15, 0.2) is 0 Å². The fraction of sp³-hybridized carbons (Fsp3) is 0.412. The van der Waals surface area contributed by atoms with Gasteiger partial charge in [0.05, 0.1) is 4.88 Å². The van der Waals surface area contributed by atoms with E-state index in [9.17, 15) is 9.59 Å². The summed E-state index contributed by atoms with van der Waals surface area (Å²) in [5.74, 6) is 0.674. The predicted molar refractivity (Wildman–Crippen MR) is 96.7 cm³/mol. The molecule has 0 radical (unpaired) electrons. The highest BCUT2D eigenvalue weighted by Crippen LogP contribution is 2.18. The minimum absolute atomic E-state index is 0.0630. The zero-order valence-corrected chi connectivity index (χ0v) is 15.0. The van der Waals surface area contributed by atoms with Gasteiger partial charge in [-0.2, -0.15) is 0 Å². The van der Waals surface area contributed by atoms with Gasteiger partial charge in [0, 0.05) is 56.4 Å². The maximum atomic E-state index is 12.4. The Morgan fingerprint density at radius 2 is 1.80 bits per heavy atom. The quantitative estimate of drug-likeness (QED) is 0.878. The molecule has 7 nitrogen and oxygen atoms in total. The van der Waals surface area contributed by atoms with Gasteiger partial charge < -0.3 is 15.1 Å². The first-order valence-corrected chi connectivity index (χ1v) is 9.09. The third-order valence-corrected chi connectivity index (χ3v) is 5.05. The van der Waals surface area contributed by atoms with Crippen molar-refractivity contribution in [1.82, 2.24) is 19.8 Å². The van der Waals surface area contributed by atoms with E-state index >= 15 is 0 Å². The number of aromatic nitrogens is 2. The van der Waals surface area contributed by atoms with Crippen LogP contribution in [0.3, 0.4) is 0 Å². The summed E-state index contributed by atoms with van der Waals surface area (Å²) in [6.07, 6.45) is 3.70. The summed E-state index contributed by atoms with van der Waals surface area (Å²) in [4.78, 5) is 38.4. The Morgan fingerprint density at radius 1 is 1.12 bits per heavy atom. The third-order valence-electron chi connectivity index (χ3n) is 4.06. The van der Waals surface area contributed by atoms with E-state index in [4.69, 9.17) is 0 Å². The number of amides is 2. The SMILES string of the molecule is Cc1ccc(C(=O)N2CCN(C(=O)CCNc3ncccn3)CC2)s1. The van der Waals surface area contributed by atoms with Crippen molar-refractivity contribution in [3.05, 3.63) is 40.3 Å². The zero-order valence-electron chi connectivity index (χ0n) is 14.1. The molecule has 132 valence electrons. The zero-order chi connectivity index (χ0) is 17.6. The summed E-state index contributed by atoms with van der Waals surface area (Å²) in [5, 5.41) is 3.03. The Balaban J connectivity index is 1.42. The number of anilines is 1. The molecule has 0 spiro atoms. The largest absolute Gasteiger partial charge is 0.354 e. The van der Waals surface area contributed by atoms with Crippen molar-refractivity contribution in [3.63, 3.8) is 0 Å². The van der Waals surface area contributed by atoms with Crippen molar-refractivity contribution in [2.24, 2.45) is 0 Å². The first-order valence-electron chi connectivity index (χ1n) is 8.28. The van der Waals surface area contributed by atoms with E-state index in [1.807, 2.05) is 28.9 Å². The molecule has 0 saturated carbocycles. The molecule has 8 heteroatoms. The maximum Gasteiger partial charge on any atom is 0.264 e. The summed E-state index contributed by atoms with van der Waals surface area (Å²) >= 11 is 1.51. The Morgan fingerprint density at radius 3 is 2.44 bits per heavy atom. The van der Waals surface area contributed by atoms with Crippen molar-refractivity contribution in [3.8, 4) is 0 Å². The second kappa shape index (κ2) is 8.06. The molecule has 1 aliphatic rings. The molecule has 0 atom stereocenters. The van der Waals surface area contributed by atoms with Gasteiger partial charge in [0.2, 0.25) is 11.9 Å². The minimum atomic E-state index is 0.0630. The number of carbonyl (C=O) groups excluding carboxylic acids is 2. The summed E-state index contributed by atoms with van der Waals surface area (Å²) < 4.78 is 0. The lowest BCUT2D eigenvalue weighted by atomic mass is 10.2. The van der Waals surface area contributed by atoms with E-state index in [-0.39, 0.29) is 11.8 Å². The van der Waals surface area contributed by atoms with Crippen LogP contribution in [0, 0.1) is 6.92 Å². The molecule has 3 rings (SSSR count). The Kier molecular flexibility index (Phi) is 5.60. The van der Waals surface area contributed by atoms with Crippen LogP contribution in [0.4, 0.5) is 5.95 Å². The van der Waals surface area contributed by atoms with Gasteiger partial charge in [0.25, 0.3) is 5.91 Å². The molecule has 2 aromatic heterocycles. The van der Waals surface area contributed by atoms with Crippen molar-refractivity contribution >= 4 is 29.1 Å². The predicted octanol–water partition coefficient (Wildman–Crippen LogP) is 1.63. The molecule has 1 aliphatic heterocycles. The second-order valence-electron chi connectivity index (χ2n) is 5.83. The number of piperazine rings is 1. The van der Waals surface area contributed by atoms with Gasteiger partial charge in [-0.1, -0.05) is 0 Å².